The lowest BCUT2D eigenvalue weighted by molar-refractivity contribution is -0.187. The highest BCUT2D eigenvalue weighted by molar-refractivity contribution is 5.36. The lowest BCUT2D eigenvalue weighted by Gasteiger charge is -2.30. The molecule has 3 rings (SSSR count). The Morgan fingerprint density at radius 2 is 1.90 bits per heavy atom. The number of halogens is 3. The molecule has 0 spiro atoms. The fraction of sp³-hybridized carbons (Fsp3) is 0.429. The summed E-state index contributed by atoms with van der Waals surface area (Å²) in [7, 11) is 0. The van der Waals surface area contributed by atoms with Gasteiger partial charge in [-0.3, -0.25) is 4.57 Å². The first-order valence-corrected chi connectivity index (χ1v) is 6.71. The van der Waals surface area contributed by atoms with E-state index in [1.807, 2.05) is 6.07 Å². The van der Waals surface area contributed by atoms with Crippen LogP contribution in [0.5, 0.6) is 0 Å². The molecular weight excluding hydrogens is 281 g/mol. The molecule has 0 bridgehead atoms. The Morgan fingerprint density at radius 1 is 1.19 bits per heavy atom. The van der Waals surface area contributed by atoms with E-state index in [1.165, 1.54) is 4.57 Å². The average molecular weight is 296 g/mol. The van der Waals surface area contributed by atoms with Gasteiger partial charge in [-0.15, -0.1) is 10.2 Å². The molecule has 7 heteroatoms. The Labute approximate surface area is 120 Å². The molecule has 2 heterocycles. The summed E-state index contributed by atoms with van der Waals surface area (Å²) in [6, 6.07) is 8.90. The van der Waals surface area contributed by atoms with Gasteiger partial charge >= 0.3 is 6.18 Å². The first-order chi connectivity index (χ1) is 9.96. The molecule has 1 aromatic heterocycles. The molecule has 0 aliphatic carbocycles. The van der Waals surface area contributed by atoms with Crippen LogP contribution in [-0.4, -0.2) is 34.0 Å². The van der Waals surface area contributed by atoms with Crippen LogP contribution in [-0.2, 0) is 5.41 Å². The zero-order chi connectivity index (χ0) is 15.1. The van der Waals surface area contributed by atoms with Gasteiger partial charge in [0.05, 0.1) is 0 Å². The van der Waals surface area contributed by atoms with Crippen molar-refractivity contribution in [2.45, 2.75) is 24.9 Å². The second-order valence-corrected chi connectivity index (χ2v) is 5.25. The Morgan fingerprint density at radius 3 is 2.48 bits per heavy atom. The minimum atomic E-state index is -4.37. The van der Waals surface area contributed by atoms with Gasteiger partial charge in [0, 0.05) is 12.2 Å². The maximum Gasteiger partial charge on any atom is 0.402 e. The van der Waals surface area contributed by atoms with Crippen LogP contribution in [0.4, 0.5) is 13.2 Å². The van der Waals surface area contributed by atoms with Crippen LogP contribution in [0.3, 0.4) is 0 Å². The number of nitrogens with one attached hydrogen (secondary N) is 1. The highest BCUT2D eigenvalue weighted by Crippen LogP contribution is 2.45. The number of alkyl halides is 3. The predicted molar refractivity (Wildman–Crippen MR) is 71.3 cm³/mol. The molecule has 1 aliphatic heterocycles. The smallest absolute Gasteiger partial charge is 0.315 e. The minimum absolute atomic E-state index is 0.0263. The normalized spacial score (nSPS) is 22.7. The van der Waals surface area contributed by atoms with Crippen LogP contribution in [0, 0.1) is 6.92 Å². The summed E-state index contributed by atoms with van der Waals surface area (Å²) in [5, 5.41) is 10.6. The van der Waals surface area contributed by atoms with Crippen LogP contribution < -0.4 is 5.32 Å². The Kier molecular flexibility index (Phi) is 3.24. The van der Waals surface area contributed by atoms with E-state index in [9.17, 15) is 13.2 Å². The molecule has 1 aromatic carbocycles. The second kappa shape index (κ2) is 4.84. The lowest BCUT2D eigenvalue weighted by Crippen LogP contribution is -2.46. The fourth-order valence-electron chi connectivity index (χ4n) is 2.81. The molecule has 0 saturated carbocycles. The molecule has 1 aliphatic rings. The van der Waals surface area contributed by atoms with Crippen LogP contribution in [0.1, 0.15) is 18.1 Å². The minimum Gasteiger partial charge on any atom is -0.315 e. The van der Waals surface area contributed by atoms with Crippen LogP contribution in [0.25, 0.3) is 5.69 Å². The summed E-state index contributed by atoms with van der Waals surface area (Å²) < 4.78 is 42.6. The molecule has 1 unspecified atom stereocenters. The van der Waals surface area contributed by atoms with Crippen molar-refractivity contribution in [1.29, 1.82) is 0 Å². The quantitative estimate of drug-likeness (QED) is 0.925. The van der Waals surface area contributed by atoms with Gasteiger partial charge in [-0.05, 0) is 32.0 Å². The first-order valence-electron chi connectivity index (χ1n) is 6.71. The number of aryl methyl sites for hydroxylation is 1. The summed E-state index contributed by atoms with van der Waals surface area (Å²) >= 11 is 0. The maximum absolute atomic E-state index is 13.7. The molecule has 1 N–H and O–H groups in total. The van der Waals surface area contributed by atoms with E-state index in [1.54, 1.807) is 31.2 Å². The zero-order valence-electron chi connectivity index (χ0n) is 11.5. The summed E-state index contributed by atoms with van der Waals surface area (Å²) in [5.41, 5.74) is -1.34. The van der Waals surface area contributed by atoms with Crippen molar-refractivity contribution < 1.29 is 13.2 Å². The summed E-state index contributed by atoms with van der Waals surface area (Å²) in [6.45, 7) is 1.82. The van der Waals surface area contributed by atoms with E-state index < -0.39 is 11.6 Å². The molecule has 21 heavy (non-hydrogen) atoms. The molecule has 1 saturated heterocycles. The number of rotatable bonds is 2. The Bertz CT molecular complexity index is 627. The second-order valence-electron chi connectivity index (χ2n) is 5.25. The van der Waals surface area contributed by atoms with Crippen molar-refractivity contribution in [3.8, 4) is 5.69 Å². The topological polar surface area (TPSA) is 42.7 Å². The van der Waals surface area contributed by atoms with Gasteiger partial charge in [0.1, 0.15) is 11.2 Å². The molecule has 0 radical (unpaired) electrons. The highest BCUT2D eigenvalue weighted by atomic mass is 19.4. The SMILES string of the molecule is Cc1nnc(C2(C(F)(F)F)CCNC2)n1-c1ccccc1. The Balaban J connectivity index is 2.20. The molecule has 0 amide bonds. The molecule has 1 fully saturated rings. The monoisotopic (exact) mass is 296 g/mol. The van der Waals surface area contributed by atoms with E-state index in [4.69, 9.17) is 0 Å². The van der Waals surface area contributed by atoms with E-state index >= 15 is 0 Å². The first kappa shape index (κ1) is 14.1. The van der Waals surface area contributed by atoms with Crippen LogP contribution in [0.2, 0.25) is 0 Å². The largest absolute Gasteiger partial charge is 0.402 e. The van der Waals surface area contributed by atoms with Crippen molar-refractivity contribution in [3.63, 3.8) is 0 Å². The van der Waals surface area contributed by atoms with Crippen LogP contribution >= 0.6 is 0 Å². The summed E-state index contributed by atoms with van der Waals surface area (Å²) in [5.74, 6) is 0.412. The van der Waals surface area contributed by atoms with Gasteiger partial charge in [0.2, 0.25) is 0 Å². The molecule has 2 aromatic rings. The van der Waals surface area contributed by atoms with Crippen molar-refractivity contribution >= 4 is 0 Å². The van der Waals surface area contributed by atoms with Gasteiger partial charge in [-0.1, -0.05) is 18.2 Å². The van der Waals surface area contributed by atoms with Gasteiger partial charge in [0.25, 0.3) is 0 Å². The van der Waals surface area contributed by atoms with Crippen molar-refractivity contribution in [2.24, 2.45) is 0 Å². The number of hydrogen-bond acceptors (Lipinski definition) is 3. The van der Waals surface area contributed by atoms with E-state index in [-0.39, 0.29) is 18.8 Å². The maximum atomic E-state index is 13.7. The van der Waals surface area contributed by atoms with Crippen molar-refractivity contribution in [2.75, 3.05) is 13.1 Å². The van der Waals surface area contributed by atoms with Crippen molar-refractivity contribution in [1.82, 2.24) is 20.1 Å². The standard InChI is InChI=1S/C14H15F3N4/c1-10-19-20-12(21(10)11-5-3-2-4-6-11)13(14(15,16)17)7-8-18-9-13/h2-6,18H,7-9H2,1H3. The van der Waals surface area contributed by atoms with E-state index in [2.05, 4.69) is 15.5 Å². The van der Waals surface area contributed by atoms with Gasteiger partial charge in [-0.2, -0.15) is 13.2 Å². The number of para-hydroxylation sites is 1. The van der Waals surface area contributed by atoms with Gasteiger partial charge in [-0.25, -0.2) is 0 Å². The van der Waals surface area contributed by atoms with E-state index in [0.29, 0.717) is 18.1 Å². The van der Waals surface area contributed by atoms with E-state index in [0.717, 1.165) is 0 Å². The molecule has 4 nitrogen and oxygen atoms in total. The molecule has 112 valence electrons. The zero-order valence-corrected chi connectivity index (χ0v) is 11.5. The third kappa shape index (κ3) is 2.12. The summed E-state index contributed by atoms with van der Waals surface area (Å²) in [4.78, 5) is 0. The average Bonchev–Trinajstić information content (AvgIpc) is 3.06. The lowest BCUT2D eigenvalue weighted by atomic mass is 9.85. The van der Waals surface area contributed by atoms with Gasteiger partial charge < -0.3 is 5.32 Å². The number of benzene rings is 1. The third-order valence-corrected chi connectivity index (χ3v) is 3.97. The number of hydrogen-bond donors (Lipinski definition) is 1. The van der Waals surface area contributed by atoms with Crippen molar-refractivity contribution in [3.05, 3.63) is 42.0 Å². The third-order valence-electron chi connectivity index (χ3n) is 3.97. The Hall–Kier alpha value is -1.89. The molecular formula is C14H15F3N4. The van der Waals surface area contributed by atoms with Crippen LogP contribution in [0.15, 0.2) is 30.3 Å². The summed E-state index contributed by atoms with van der Waals surface area (Å²) in [6.07, 6.45) is -4.40. The van der Waals surface area contributed by atoms with Gasteiger partial charge in [0.15, 0.2) is 5.82 Å². The molecule has 1 atom stereocenters. The number of nitrogens with zero attached hydrogens (tertiary/aromatic N) is 3. The predicted octanol–water partition coefficient (Wildman–Crippen LogP) is 2.37. The highest BCUT2D eigenvalue weighted by Gasteiger charge is 2.60. The number of aromatic nitrogens is 3. The fourth-order valence-corrected chi connectivity index (χ4v) is 2.81.